The Bertz CT molecular complexity index is 1030. The Morgan fingerprint density at radius 1 is 1.10 bits per heavy atom. The lowest BCUT2D eigenvalue weighted by Gasteiger charge is -2.14. The van der Waals surface area contributed by atoms with Gasteiger partial charge < -0.3 is 20.6 Å². The number of para-hydroxylation sites is 1. The summed E-state index contributed by atoms with van der Waals surface area (Å²) in [4.78, 5) is 35.0. The van der Waals surface area contributed by atoms with E-state index < -0.39 is 0 Å². The molecule has 1 aromatic heterocycles. The lowest BCUT2D eigenvalue weighted by molar-refractivity contribution is -0.123. The third-order valence-corrected chi connectivity index (χ3v) is 4.07. The third-order valence-electron chi connectivity index (χ3n) is 4.07. The summed E-state index contributed by atoms with van der Waals surface area (Å²) >= 11 is 0. The van der Waals surface area contributed by atoms with Crippen molar-refractivity contribution < 1.29 is 19.5 Å². The lowest BCUT2D eigenvalue weighted by Crippen LogP contribution is -2.27. The van der Waals surface area contributed by atoms with Crippen molar-refractivity contribution in [3.05, 3.63) is 66.2 Å². The zero-order chi connectivity index (χ0) is 22.8. The highest BCUT2D eigenvalue weighted by Crippen LogP contribution is 2.22. The van der Waals surface area contributed by atoms with Crippen LogP contribution in [0.3, 0.4) is 0 Å². The number of likely N-dealkylation sites (N-methyl/N-ethyl adjacent to an activating group) is 1. The maximum absolute atomic E-state index is 12.9. The highest BCUT2D eigenvalue weighted by atomic mass is 16.3. The molecule has 162 valence electrons. The number of nitrogens with one attached hydrogen (secondary N) is 2. The van der Waals surface area contributed by atoms with Crippen LogP contribution in [-0.4, -0.2) is 63.7 Å². The van der Waals surface area contributed by atoms with E-state index in [1.807, 2.05) is 45.3 Å². The Morgan fingerprint density at radius 3 is 2.39 bits per heavy atom. The van der Waals surface area contributed by atoms with Gasteiger partial charge in [0.25, 0.3) is 12.4 Å². The van der Waals surface area contributed by atoms with E-state index in [0.29, 0.717) is 22.6 Å². The van der Waals surface area contributed by atoms with Gasteiger partial charge in [-0.15, -0.1) is 10.2 Å². The number of carboxylic acid groups (broad SMARTS) is 1. The topological polar surface area (TPSA) is 129 Å². The summed E-state index contributed by atoms with van der Waals surface area (Å²) in [7, 11) is 3.65. The number of benzene rings is 2. The molecule has 0 aliphatic heterocycles. The van der Waals surface area contributed by atoms with Gasteiger partial charge in [-0.1, -0.05) is 18.2 Å². The maximum atomic E-state index is 12.9. The maximum Gasteiger partial charge on any atom is 0.290 e. The van der Waals surface area contributed by atoms with E-state index >= 15 is 0 Å². The fourth-order valence-electron chi connectivity index (χ4n) is 2.73. The number of aryl methyl sites for hydroxylation is 1. The Balaban J connectivity index is 0.00000107. The monoisotopic (exact) mass is 424 g/mol. The predicted molar refractivity (Wildman–Crippen MR) is 116 cm³/mol. The average molecular weight is 424 g/mol. The normalized spacial score (nSPS) is 10.1. The predicted octanol–water partition coefficient (Wildman–Crippen LogP) is 2.03. The minimum Gasteiger partial charge on any atom is -0.483 e. The van der Waals surface area contributed by atoms with Crippen LogP contribution in [-0.2, 0) is 9.59 Å². The highest BCUT2D eigenvalue weighted by molar-refractivity contribution is 6.07. The smallest absolute Gasteiger partial charge is 0.290 e. The van der Waals surface area contributed by atoms with E-state index in [1.54, 1.807) is 27.7 Å². The van der Waals surface area contributed by atoms with E-state index in [2.05, 4.69) is 20.8 Å². The van der Waals surface area contributed by atoms with Crippen molar-refractivity contribution in [3.63, 3.8) is 0 Å². The second-order valence-electron chi connectivity index (χ2n) is 6.76. The first-order valence-electron chi connectivity index (χ1n) is 9.24. The molecular weight excluding hydrogens is 400 g/mol. The van der Waals surface area contributed by atoms with Crippen molar-refractivity contribution in [2.45, 2.75) is 6.92 Å². The number of aromatic nitrogens is 3. The second-order valence-corrected chi connectivity index (χ2v) is 6.76. The third kappa shape index (κ3) is 6.75. The van der Waals surface area contributed by atoms with Crippen LogP contribution < -0.4 is 10.6 Å². The van der Waals surface area contributed by atoms with Crippen LogP contribution >= 0.6 is 0 Å². The molecule has 0 aliphatic rings. The van der Waals surface area contributed by atoms with Crippen LogP contribution in [0.4, 0.5) is 11.4 Å². The largest absolute Gasteiger partial charge is 0.483 e. The molecule has 3 rings (SSSR count). The van der Waals surface area contributed by atoms with E-state index in [0.717, 1.165) is 5.56 Å². The van der Waals surface area contributed by atoms with Crippen LogP contribution in [0.15, 0.2) is 55.1 Å². The van der Waals surface area contributed by atoms with E-state index in [1.165, 1.54) is 12.7 Å². The quantitative estimate of drug-likeness (QED) is 0.516. The first-order valence-corrected chi connectivity index (χ1v) is 9.24. The summed E-state index contributed by atoms with van der Waals surface area (Å²) in [6, 6.07) is 12.6. The number of hydrogen-bond donors (Lipinski definition) is 3. The average Bonchev–Trinajstić information content (AvgIpc) is 3.25. The number of rotatable bonds is 6. The summed E-state index contributed by atoms with van der Waals surface area (Å²) in [5, 5.41) is 20.2. The van der Waals surface area contributed by atoms with E-state index in [-0.39, 0.29) is 24.8 Å². The number of amides is 2. The molecule has 0 fully saturated rings. The Kier molecular flexibility index (Phi) is 8.41. The summed E-state index contributed by atoms with van der Waals surface area (Å²) in [6.45, 7) is 1.93. The van der Waals surface area contributed by atoms with Gasteiger partial charge in [0.1, 0.15) is 12.7 Å². The molecule has 0 radical (unpaired) electrons. The van der Waals surface area contributed by atoms with Crippen LogP contribution in [0.25, 0.3) is 5.69 Å². The fourth-order valence-corrected chi connectivity index (χ4v) is 2.73. The number of hydrogen-bond acceptors (Lipinski definition) is 6. The Labute approximate surface area is 179 Å². The zero-order valence-electron chi connectivity index (χ0n) is 17.4. The molecule has 3 aromatic rings. The molecule has 0 aliphatic carbocycles. The molecule has 0 atom stereocenters. The minimum atomic E-state index is -0.260. The molecule has 31 heavy (non-hydrogen) atoms. The van der Waals surface area contributed by atoms with Crippen molar-refractivity contribution >= 4 is 29.7 Å². The first kappa shape index (κ1) is 23.2. The van der Waals surface area contributed by atoms with Gasteiger partial charge in [0.05, 0.1) is 17.8 Å². The van der Waals surface area contributed by atoms with Crippen LogP contribution in [0.2, 0.25) is 0 Å². The van der Waals surface area contributed by atoms with Gasteiger partial charge in [-0.25, -0.2) is 0 Å². The summed E-state index contributed by atoms with van der Waals surface area (Å²) in [5.74, 6) is -0.381. The molecule has 2 amide bonds. The number of anilines is 2. The van der Waals surface area contributed by atoms with Gasteiger partial charge >= 0.3 is 0 Å². The Hall–Kier alpha value is -4.05. The minimum absolute atomic E-state index is 0.121. The van der Waals surface area contributed by atoms with Crippen molar-refractivity contribution in [1.82, 2.24) is 19.7 Å². The standard InChI is InChI=1S/C20H22N6O2.CH2O2/c1-14-8-9-15(23-19(27)11-25(2)3)10-17(14)24-20(28)16-6-4-5-7-18(16)26-12-21-22-13-26;2-1-3/h4-10,12-13H,11H2,1-3H3,(H,23,27)(H,24,28);1H,(H,2,3). The number of carbonyl (C=O) groups is 3. The first-order chi connectivity index (χ1) is 14.8. The fraction of sp³-hybridized carbons (Fsp3) is 0.190. The van der Waals surface area contributed by atoms with Gasteiger partial charge in [-0.3, -0.25) is 19.0 Å². The van der Waals surface area contributed by atoms with E-state index in [4.69, 9.17) is 9.90 Å². The lowest BCUT2D eigenvalue weighted by atomic mass is 10.1. The van der Waals surface area contributed by atoms with E-state index in [9.17, 15) is 9.59 Å². The van der Waals surface area contributed by atoms with Crippen molar-refractivity contribution in [1.29, 1.82) is 0 Å². The molecule has 10 nitrogen and oxygen atoms in total. The van der Waals surface area contributed by atoms with Crippen LogP contribution in [0.1, 0.15) is 15.9 Å². The summed E-state index contributed by atoms with van der Waals surface area (Å²) in [6.07, 6.45) is 3.08. The molecule has 0 saturated heterocycles. The van der Waals surface area contributed by atoms with Crippen LogP contribution in [0.5, 0.6) is 0 Å². The second kappa shape index (κ2) is 11.2. The molecule has 0 spiro atoms. The van der Waals surface area contributed by atoms with Crippen molar-refractivity contribution in [3.8, 4) is 5.69 Å². The van der Waals surface area contributed by atoms with Gasteiger partial charge in [0, 0.05) is 11.4 Å². The zero-order valence-corrected chi connectivity index (χ0v) is 17.4. The van der Waals surface area contributed by atoms with Gasteiger partial charge in [0.15, 0.2) is 0 Å². The molecule has 0 unspecified atom stereocenters. The van der Waals surface area contributed by atoms with Gasteiger partial charge in [0.2, 0.25) is 5.91 Å². The molecule has 1 heterocycles. The summed E-state index contributed by atoms with van der Waals surface area (Å²) < 4.78 is 1.68. The molecule has 0 saturated carbocycles. The van der Waals surface area contributed by atoms with Gasteiger partial charge in [-0.05, 0) is 50.8 Å². The number of nitrogens with zero attached hydrogens (tertiary/aromatic N) is 4. The molecule has 3 N–H and O–H groups in total. The SMILES string of the molecule is Cc1ccc(NC(=O)CN(C)C)cc1NC(=O)c1ccccc1-n1cnnc1.O=CO. The summed E-state index contributed by atoms with van der Waals surface area (Å²) in [5.41, 5.74) is 3.31. The molecule has 10 heteroatoms. The molecular formula is C21H24N6O4. The molecule has 2 aromatic carbocycles. The van der Waals surface area contributed by atoms with Gasteiger partial charge in [-0.2, -0.15) is 0 Å². The van der Waals surface area contributed by atoms with Crippen molar-refractivity contribution in [2.75, 3.05) is 31.3 Å². The van der Waals surface area contributed by atoms with Crippen LogP contribution in [0, 0.1) is 6.92 Å². The molecule has 0 bridgehead atoms. The highest BCUT2D eigenvalue weighted by Gasteiger charge is 2.14. The number of carbonyl (C=O) groups excluding carboxylic acids is 2. The Morgan fingerprint density at radius 2 is 1.74 bits per heavy atom. The van der Waals surface area contributed by atoms with Crippen molar-refractivity contribution in [2.24, 2.45) is 0 Å².